The number of nitrogens with zero attached hydrogens (tertiary/aromatic N) is 1. The zero-order valence-electron chi connectivity index (χ0n) is 11.5. The van der Waals surface area contributed by atoms with Crippen LogP contribution in [0, 0.1) is 5.92 Å². The number of rotatable bonds is 5. The summed E-state index contributed by atoms with van der Waals surface area (Å²) in [6, 6.07) is 7.16. The number of hydrogen-bond donors (Lipinski definition) is 1. The molecule has 1 N–H and O–H groups in total. The Morgan fingerprint density at radius 1 is 1.24 bits per heavy atom. The Hall–Kier alpha value is -2.50. The molecule has 6 nitrogen and oxygen atoms in total. The summed E-state index contributed by atoms with van der Waals surface area (Å²) >= 11 is 0. The van der Waals surface area contributed by atoms with Gasteiger partial charge in [0.15, 0.2) is 0 Å². The second kappa shape index (κ2) is 5.87. The van der Waals surface area contributed by atoms with Crippen molar-refractivity contribution in [3.8, 4) is 0 Å². The maximum atomic E-state index is 12.1. The van der Waals surface area contributed by atoms with Crippen molar-refractivity contribution in [1.82, 2.24) is 10.2 Å². The monoisotopic (exact) mass is 288 g/mol. The Bertz CT molecular complexity index is 604. The van der Waals surface area contributed by atoms with E-state index in [1.807, 2.05) is 6.07 Å². The lowest BCUT2D eigenvalue weighted by Crippen LogP contribution is -2.32. The first-order valence-corrected chi connectivity index (χ1v) is 6.82. The van der Waals surface area contributed by atoms with Gasteiger partial charge in [0.25, 0.3) is 0 Å². The highest BCUT2D eigenvalue weighted by Crippen LogP contribution is 2.20. The molecule has 1 unspecified atom stereocenters. The van der Waals surface area contributed by atoms with E-state index in [2.05, 4.69) is 5.32 Å². The zero-order valence-corrected chi connectivity index (χ0v) is 11.5. The van der Waals surface area contributed by atoms with Crippen LogP contribution in [0.25, 0.3) is 0 Å². The van der Waals surface area contributed by atoms with E-state index in [9.17, 15) is 9.59 Å². The summed E-state index contributed by atoms with van der Waals surface area (Å²) in [5.74, 6) is 0.953. The van der Waals surface area contributed by atoms with E-state index >= 15 is 0 Å². The molecule has 1 aliphatic rings. The van der Waals surface area contributed by atoms with Gasteiger partial charge in [-0.2, -0.15) is 0 Å². The first-order valence-electron chi connectivity index (χ1n) is 6.82. The van der Waals surface area contributed by atoms with Crippen LogP contribution in [0.4, 0.5) is 0 Å². The number of furan rings is 2. The predicted molar refractivity (Wildman–Crippen MR) is 72.8 cm³/mol. The fourth-order valence-corrected chi connectivity index (χ4v) is 2.42. The van der Waals surface area contributed by atoms with Crippen LogP contribution in [0.15, 0.2) is 45.6 Å². The minimum absolute atomic E-state index is 0.0236. The second-order valence-corrected chi connectivity index (χ2v) is 5.05. The highest BCUT2D eigenvalue weighted by atomic mass is 16.3. The van der Waals surface area contributed by atoms with Crippen LogP contribution >= 0.6 is 0 Å². The topological polar surface area (TPSA) is 75.7 Å². The molecule has 1 saturated heterocycles. The number of carbonyl (C=O) groups is 2. The van der Waals surface area contributed by atoms with E-state index in [-0.39, 0.29) is 24.2 Å². The van der Waals surface area contributed by atoms with E-state index in [0.29, 0.717) is 25.4 Å². The fourth-order valence-electron chi connectivity index (χ4n) is 2.42. The van der Waals surface area contributed by atoms with Crippen LogP contribution in [0.2, 0.25) is 0 Å². The van der Waals surface area contributed by atoms with Gasteiger partial charge in [0.1, 0.15) is 11.5 Å². The maximum absolute atomic E-state index is 12.1. The molecule has 2 amide bonds. The fraction of sp³-hybridized carbons (Fsp3) is 0.333. The molecule has 1 fully saturated rings. The summed E-state index contributed by atoms with van der Waals surface area (Å²) in [7, 11) is 0. The van der Waals surface area contributed by atoms with Crippen LogP contribution in [-0.2, 0) is 22.7 Å². The second-order valence-electron chi connectivity index (χ2n) is 5.05. The number of nitrogens with one attached hydrogen (secondary N) is 1. The van der Waals surface area contributed by atoms with Gasteiger partial charge in [-0.05, 0) is 24.3 Å². The summed E-state index contributed by atoms with van der Waals surface area (Å²) in [5, 5.41) is 2.79. The standard InChI is InChI=1S/C15H16N2O4/c18-14-7-11(9-17(14)10-13-4-2-6-21-13)15(19)16-8-12-3-1-5-20-12/h1-6,11H,7-10H2,(H,16,19). The van der Waals surface area contributed by atoms with Crippen molar-refractivity contribution in [2.24, 2.45) is 5.92 Å². The molecule has 0 bridgehead atoms. The van der Waals surface area contributed by atoms with Crippen LogP contribution in [0.5, 0.6) is 0 Å². The third kappa shape index (κ3) is 3.16. The molecule has 6 heteroatoms. The van der Waals surface area contributed by atoms with Gasteiger partial charge in [-0.1, -0.05) is 0 Å². The van der Waals surface area contributed by atoms with Crippen molar-refractivity contribution in [2.75, 3.05) is 6.54 Å². The quantitative estimate of drug-likeness (QED) is 0.905. The molecule has 3 rings (SSSR count). The zero-order chi connectivity index (χ0) is 14.7. The molecule has 110 valence electrons. The van der Waals surface area contributed by atoms with Crippen LogP contribution in [0.3, 0.4) is 0 Å². The largest absolute Gasteiger partial charge is 0.467 e. The maximum Gasteiger partial charge on any atom is 0.225 e. The Balaban J connectivity index is 1.52. The summed E-state index contributed by atoms with van der Waals surface area (Å²) in [5.41, 5.74) is 0. The normalized spacial score (nSPS) is 18.2. The molecule has 2 aromatic heterocycles. The number of likely N-dealkylation sites (tertiary alicyclic amines) is 1. The van der Waals surface area contributed by atoms with Gasteiger partial charge in [0, 0.05) is 13.0 Å². The molecule has 0 saturated carbocycles. The third-order valence-electron chi connectivity index (χ3n) is 3.53. The molecule has 3 heterocycles. The third-order valence-corrected chi connectivity index (χ3v) is 3.53. The Morgan fingerprint density at radius 3 is 2.62 bits per heavy atom. The van der Waals surface area contributed by atoms with Crippen molar-refractivity contribution < 1.29 is 18.4 Å². The molecule has 0 aliphatic carbocycles. The molecular formula is C15H16N2O4. The van der Waals surface area contributed by atoms with E-state index in [0.717, 1.165) is 5.76 Å². The molecule has 0 spiro atoms. The van der Waals surface area contributed by atoms with E-state index < -0.39 is 0 Å². The molecule has 0 radical (unpaired) electrons. The van der Waals surface area contributed by atoms with Crippen molar-refractivity contribution in [2.45, 2.75) is 19.5 Å². The van der Waals surface area contributed by atoms with Gasteiger partial charge in [0.2, 0.25) is 11.8 Å². The van der Waals surface area contributed by atoms with Crippen LogP contribution in [0.1, 0.15) is 17.9 Å². The van der Waals surface area contributed by atoms with Gasteiger partial charge in [0.05, 0.1) is 31.5 Å². The van der Waals surface area contributed by atoms with Gasteiger partial charge in [-0.15, -0.1) is 0 Å². The van der Waals surface area contributed by atoms with E-state index in [1.54, 1.807) is 35.6 Å². The summed E-state index contributed by atoms with van der Waals surface area (Å²) < 4.78 is 10.4. The number of hydrogen-bond acceptors (Lipinski definition) is 4. The SMILES string of the molecule is O=C(NCc1ccco1)C1CC(=O)N(Cc2ccco2)C1. The molecule has 2 aromatic rings. The average molecular weight is 288 g/mol. The minimum atomic E-state index is -0.317. The Kier molecular flexibility index (Phi) is 3.77. The summed E-state index contributed by atoms with van der Waals surface area (Å²) in [6.45, 7) is 1.17. The van der Waals surface area contributed by atoms with Crippen molar-refractivity contribution in [3.63, 3.8) is 0 Å². The predicted octanol–water partition coefficient (Wildman–Crippen LogP) is 1.54. The van der Waals surface area contributed by atoms with Crippen molar-refractivity contribution in [1.29, 1.82) is 0 Å². The number of amides is 2. The molecule has 1 aliphatic heterocycles. The van der Waals surface area contributed by atoms with E-state index in [1.165, 1.54) is 0 Å². The highest BCUT2D eigenvalue weighted by Gasteiger charge is 2.34. The first-order chi connectivity index (χ1) is 10.2. The van der Waals surface area contributed by atoms with Crippen molar-refractivity contribution in [3.05, 3.63) is 48.3 Å². The molecule has 0 aromatic carbocycles. The van der Waals surface area contributed by atoms with Crippen molar-refractivity contribution >= 4 is 11.8 Å². The molecular weight excluding hydrogens is 272 g/mol. The molecule has 1 atom stereocenters. The van der Waals surface area contributed by atoms with Crippen LogP contribution < -0.4 is 5.32 Å². The minimum Gasteiger partial charge on any atom is -0.467 e. The molecule has 21 heavy (non-hydrogen) atoms. The number of carbonyl (C=O) groups excluding carboxylic acids is 2. The summed E-state index contributed by atoms with van der Waals surface area (Å²) in [6.07, 6.45) is 3.37. The van der Waals surface area contributed by atoms with Gasteiger partial charge < -0.3 is 19.1 Å². The first kappa shape index (κ1) is 13.5. The lowest BCUT2D eigenvalue weighted by Gasteiger charge is -2.14. The Morgan fingerprint density at radius 2 is 1.95 bits per heavy atom. The smallest absolute Gasteiger partial charge is 0.225 e. The van der Waals surface area contributed by atoms with Gasteiger partial charge >= 0.3 is 0 Å². The van der Waals surface area contributed by atoms with E-state index in [4.69, 9.17) is 8.83 Å². The van der Waals surface area contributed by atoms with Gasteiger partial charge in [-0.3, -0.25) is 9.59 Å². The Labute approximate surface area is 121 Å². The average Bonchev–Trinajstić information content (AvgIpc) is 3.20. The lowest BCUT2D eigenvalue weighted by atomic mass is 10.1. The summed E-state index contributed by atoms with van der Waals surface area (Å²) in [4.78, 5) is 25.7. The van der Waals surface area contributed by atoms with Crippen LogP contribution in [-0.4, -0.2) is 23.3 Å². The highest BCUT2D eigenvalue weighted by molar-refractivity contribution is 5.89. The van der Waals surface area contributed by atoms with Gasteiger partial charge in [-0.25, -0.2) is 0 Å². The lowest BCUT2D eigenvalue weighted by molar-refractivity contribution is -0.129.